The third-order valence-electron chi connectivity index (χ3n) is 3.21. The largest absolute Gasteiger partial charge is 0.480 e. The molecule has 0 bridgehead atoms. The zero-order valence-corrected chi connectivity index (χ0v) is 9.95. The molecule has 1 aliphatic heterocycles. The molecule has 1 atom stereocenters. The SMILES string of the molecule is CCCC(C)(C(=O)O)N1CCNC(=O)CC1. The first-order valence-corrected chi connectivity index (χ1v) is 5.76. The molecule has 0 aromatic carbocycles. The maximum Gasteiger partial charge on any atom is 0.323 e. The van der Waals surface area contributed by atoms with Gasteiger partial charge in [-0.1, -0.05) is 13.3 Å². The topological polar surface area (TPSA) is 69.6 Å². The predicted molar refractivity (Wildman–Crippen MR) is 60.1 cm³/mol. The van der Waals surface area contributed by atoms with E-state index >= 15 is 0 Å². The fourth-order valence-electron chi connectivity index (χ4n) is 2.15. The molecule has 92 valence electrons. The molecular formula is C11H20N2O3. The number of rotatable bonds is 4. The Labute approximate surface area is 95.8 Å². The third-order valence-corrected chi connectivity index (χ3v) is 3.21. The average molecular weight is 228 g/mol. The van der Waals surface area contributed by atoms with Crippen LogP contribution in [0.25, 0.3) is 0 Å². The van der Waals surface area contributed by atoms with Crippen LogP contribution in [0.3, 0.4) is 0 Å². The van der Waals surface area contributed by atoms with Crippen LogP contribution in [0.4, 0.5) is 0 Å². The molecule has 0 spiro atoms. The van der Waals surface area contributed by atoms with Crippen molar-refractivity contribution in [2.45, 2.75) is 38.6 Å². The van der Waals surface area contributed by atoms with E-state index in [4.69, 9.17) is 0 Å². The van der Waals surface area contributed by atoms with E-state index in [0.29, 0.717) is 32.5 Å². The maximum absolute atomic E-state index is 11.4. The van der Waals surface area contributed by atoms with Gasteiger partial charge >= 0.3 is 5.97 Å². The van der Waals surface area contributed by atoms with Crippen LogP contribution in [0.1, 0.15) is 33.1 Å². The molecule has 1 unspecified atom stereocenters. The number of carboxylic acids is 1. The van der Waals surface area contributed by atoms with E-state index in [-0.39, 0.29) is 5.91 Å². The number of nitrogens with one attached hydrogen (secondary N) is 1. The quantitative estimate of drug-likeness (QED) is 0.733. The van der Waals surface area contributed by atoms with Gasteiger partial charge in [-0.25, -0.2) is 0 Å². The van der Waals surface area contributed by atoms with E-state index in [0.717, 1.165) is 6.42 Å². The molecule has 16 heavy (non-hydrogen) atoms. The van der Waals surface area contributed by atoms with Gasteiger partial charge in [0, 0.05) is 26.1 Å². The summed E-state index contributed by atoms with van der Waals surface area (Å²) in [6.45, 7) is 5.38. The van der Waals surface area contributed by atoms with Crippen LogP contribution in [0.5, 0.6) is 0 Å². The van der Waals surface area contributed by atoms with Crippen molar-refractivity contribution in [2.75, 3.05) is 19.6 Å². The van der Waals surface area contributed by atoms with Gasteiger partial charge in [0.05, 0.1) is 0 Å². The molecule has 0 aromatic rings. The molecule has 1 fully saturated rings. The number of carbonyl (C=O) groups excluding carboxylic acids is 1. The fourth-order valence-corrected chi connectivity index (χ4v) is 2.15. The van der Waals surface area contributed by atoms with Gasteiger partial charge in [-0.2, -0.15) is 0 Å². The summed E-state index contributed by atoms with van der Waals surface area (Å²) >= 11 is 0. The maximum atomic E-state index is 11.4. The molecule has 1 aliphatic rings. The average Bonchev–Trinajstić information content (AvgIpc) is 2.43. The highest BCUT2D eigenvalue weighted by atomic mass is 16.4. The van der Waals surface area contributed by atoms with Gasteiger partial charge in [0.25, 0.3) is 0 Å². The van der Waals surface area contributed by atoms with Crippen molar-refractivity contribution in [3.05, 3.63) is 0 Å². The van der Waals surface area contributed by atoms with Crippen molar-refractivity contribution in [3.63, 3.8) is 0 Å². The number of hydrogen-bond acceptors (Lipinski definition) is 3. The van der Waals surface area contributed by atoms with E-state index in [1.807, 2.05) is 11.8 Å². The van der Waals surface area contributed by atoms with E-state index in [1.165, 1.54) is 0 Å². The van der Waals surface area contributed by atoms with Crippen LogP contribution < -0.4 is 5.32 Å². The summed E-state index contributed by atoms with van der Waals surface area (Å²) in [5, 5.41) is 12.1. The summed E-state index contributed by atoms with van der Waals surface area (Å²) in [4.78, 5) is 24.5. The van der Waals surface area contributed by atoms with Crippen LogP contribution in [0.15, 0.2) is 0 Å². The lowest BCUT2D eigenvalue weighted by Crippen LogP contribution is -2.53. The fraction of sp³-hybridized carbons (Fsp3) is 0.818. The van der Waals surface area contributed by atoms with Crippen LogP contribution in [-0.4, -0.2) is 47.1 Å². The number of carboxylic acid groups (broad SMARTS) is 1. The first-order valence-electron chi connectivity index (χ1n) is 5.76. The highest BCUT2D eigenvalue weighted by molar-refractivity contribution is 5.79. The van der Waals surface area contributed by atoms with E-state index in [2.05, 4.69) is 5.32 Å². The van der Waals surface area contributed by atoms with Crippen molar-refractivity contribution in [1.29, 1.82) is 0 Å². The zero-order valence-electron chi connectivity index (χ0n) is 9.95. The molecule has 0 aliphatic carbocycles. The Bertz CT molecular complexity index is 280. The summed E-state index contributed by atoms with van der Waals surface area (Å²) in [6.07, 6.45) is 1.81. The van der Waals surface area contributed by atoms with Crippen LogP contribution in [-0.2, 0) is 9.59 Å². The van der Waals surface area contributed by atoms with Gasteiger partial charge in [0.2, 0.25) is 5.91 Å². The van der Waals surface area contributed by atoms with Gasteiger partial charge in [-0.05, 0) is 13.3 Å². The number of hydrogen-bond donors (Lipinski definition) is 2. The minimum atomic E-state index is -0.846. The Morgan fingerprint density at radius 1 is 1.56 bits per heavy atom. The summed E-state index contributed by atoms with van der Waals surface area (Å²) in [5.41, 5.74) is -0.846. The lowest BCUT2D eigenvalue weighted by molar-refractivity contribution is -0.151. The number of nitrogens with zero attached hydrogens (tertiary/aromatic N) is 1. The number of aliphatic carboxylic acids is 1. The minimum Gasteiger partial charge on any atom is -0.480 e. The first-order chi connectivity index (χ1) is 7.50. The van der Waals surface area contributed by atoms with Crippen molar-refractivity contribution < 1.29 is 14.7 Å². The Morgan fingerprint density at radius 2 is 2.25 bits per heavy atom. The highest BCUT2D eigenvalue weighted by Crippen LogP contribution is 2.22. The second-order valence-electron chi connectivity index (χ2n) is 4.42. The van der Waals surface area contributed by atoms with Crippen molar-refractivity contribution >= 4 is 11.9 Å². The molecule has 2 N–H and O–H groups in total. The first kappa shape index (κ1) is 13.0. The summed E-state index contributed by atoms with van der Waals surface area (Å²) < 4.78 is 0. The van der Waals surface area contributed by atoms with Gasteiger partial charge < -0.3 is 10.4 Å². The monoisotopic (exact) mass is 228 g/mol. The second kappa shape index (κ2) is 5.30. The van der Waals surface area contributed by atoms with Gasteiger partial charge in [0.15, 0.2) is 0 Å². The minimum absolute atomic E-state index is 0.00624. The van der Waals surface area contributed by atoms with Gasteiger partial charge in [-0.3, -0.25) is 14.5 Å². The van der Waals surface area contributed by atoms with Gasteiger partial charge in [0.1, 0.15) is 5.54 Å². The molecule has 1 amide bonds. The lowest BCUT2D eigenvalue weighted by atomic mass is 9.93. The molecule has 1 saturated heterocycles. The Morgan fingerprint density at radius 3 is 2.81 bits per heavy atom. The van der Waals surface area contributed by atoms with E-state index in [1.54, 1.807) is 6.92 Å². The van der Waals surface area contributed by atoms with Crippen LogP contribution >= 0.6 is 0 Å². The Hall–Kier alpha value is -1.10. The Kier molecular flexibility index (Phi) is 4.29. The van der Waals surface area contributed by atoms with Crippen LogP contribution in [0.2, 0.25) is 0 Å². The summed E-state index contributed by atoms with van der Waals surface area (Å²) in [6, 6.07) is 0. The van der Waals surface area contributed by atoms with Crippen LogP contribution in [0, 0.1) is 0 Å². The van der Waals surface area contributed by atoms with Crippen molar-refractivity contribution in [3.8, 4) is 0 Å². The molecular weight excluding hydrogens is 208 g/mol. The van der Waals surface area contributed by atoms with E-state index < -0.39 is 11.5 Å². The molecule has 5 nitrogen and oxygen atoms in total. The van der Waals surface area contributed by atoms with Gasteiger partial charge in [-0.15, -0.1) is 0 Å². The third kappa shape index (κ3) is 2.72. The predicted octanol–water partition coefficient (Wildman–Crippen LogP) is 0.452. The molecule has 5 heteroatoms. The smallest absolute Gasteiger partial charge is 0.323 e. The molecule has 1 rings (SSSR count). The second-order valence-corrected chi connectivity index (χ2v) is 4.42. The lowest BCUT2D eigenvalue weighted by Gasteiger charge is -2.36. The standard InChI is InChI=1S/C11H20N2O3/c1-3-5-11(2,10(15)16)13-7-4-9(14)12-6-8-13/h3-8H2,1-2H3,(H,12,14)(H,15,16). The number of carbonyl (C=O) groups is 2. The zero-order chi connectivity index (χ0) is 12.2. The van der Waals surface area contributed by atoms with E-state index in [9.17, 15) is 14.7 Å². The summed E-state index contributed by atoms with van der Waals surface area (Å²) in [7, 11) is 0. The normalized spacial score (nSPS) is 22.0. The molecule has 1 heterocycles. The molecule has 0 aromatic heterocycles. The molecule has 0 saturated carbocycles. The highest BCUT2D eigenvalue weighted by Gasteiger charge is 2.39. The number of amides is 1. The Balaban J connectivity index is 2.77. The molecule has 0 radical (unpaired) electrons. The van der Waals surface area contributed by atoms with Crippen molar-refractivity contribution in [1.82, 2.24) is 10.2 Å². The summed E-state index contributed by atoms with van der Waals surface area (Å²) in [5.74, 6) is -0.796. The van der Waals surface area contributed by atoms with Crippen molar-refractivity contribution in [2.24, 2.45) is 0 Å².